The van der Waals surface area contributed by atoms with Gasteiger partial charge in [-0.05, 0) is 26.7 Å². The second-order valence-electron chi connectivity index (χ2n) is 5.07. The van der Waals surface area contributed by atoms with E-state index in [9.17, 15) is 4.79 Å². The average molecular weight is 276 g/mol. The molecule has 1 fully saturated rings. The van der Waals surface area contributed by atoms with E-state index in [0.717, 1.165) is 12.8 Å². The number of hydrogen-bond donors (Lipinski definition) is 0. The third kappa shape index (κ3) is 2.43. The van der Waals surface area contributed by atoms with Crippen LogP contribution in [0.1, 0.15) is 46.7 Å². The van der Waals surface area contributed by atoms with Crippen molar-refractivity contribution in [3.05, 3.63) is 29.2 Å². The molecule has 2 aromatic rings. The van der Waals surface area contributed by atoms with E-state index in [4.69, 9.17) is 9.05 Å². The molecule has 1 saturated heterocycles. The fraction of sp³-hybridized carbons (Fsp3) is 0.538. The van der Waals surface area contributed by atoms with Gasteiger partial charge in [0.1, 0.15) is 5.76 Å². The van der Waals surface area contributed by atoms with Crippen LogP contribution < -0.4 is 0 Å². The van der Waals surface area contributed by atoms with Crippen LogP contribution in [-0.2, 0) is 0 Å². The quantitative estimate of drug-likeness (QED) is 0.829. The lowest BCUT2D eigenvalue weighted by Crippen LogP contribution is -2.38. The van der Waals surface area contributed by atoms with Crippen LogP contribution in [0.4, 0.5) is 0 Å². The third-order valence-electron chi connectivity index (χ3n) is 3.52. The first kappa shape index (κ1) is 12.8. The molecule has 0 unspecified atom stereocenters. The molecule has 0 aromatic carbocycles. The maximum absolute atomic E-state index is 12.2. The molecule has 0 bridgehead atoms. The number of aryl methyl sites for hydroxylation is 2. The molecule has 7 nitrogen and oxygen atoms in total. The van der Waals surface area contributed by atoms with Crippen molar-refractivity contribution in [3.8, 4) is 0 Å². The van der Waals surface area contributed by atoms with Gasteiger partial charge in [0.2, 0.25) is 5.89 Å². The molecule has 1 aliphatic heterocycles. The van der Waals surface area contributed by atoms with Crippen LogP contribution in [0.25, 0.3) is 0 Å². The molecule has 1 amide bonds. The van der Waals surface area contributed by atoms with Gasteiger partial charge in [-0.2, -0.15) is 4.98 Å². The monoisotopic (exact) mass is 276 g/mol. The van der Waals surface area contributed by atoms with Crippen molar-refractivity contribution in [1.29, 1.82) is 0 Å². The van der Waals surface area contributed by atoms with Crippen LogP contribution in [-0.4, -0.2) is 39.2 Å². The van der Waals surface area contributed by atoms with Gasteiger partial charge >= 0.3 is 0 Å². The summed E-state index contributed by atoms with van der Waals surface area (Å²) in [4.78, 5) is 18.3. The summed E-state index contributed by atoms with van der Waals surface area (Å²) in [7, 11) is 0. The molecule has 106 valence electrons. The van der Waals surface area contributed by atoms with E-state index in [1.165, 1.54) is 0 Å². The molecular formula is C13H16N4O3. The van der Waals surface area contributed by atoms with Crippen molar-refractivity contribution in [2.75, 3.05) is 13.1 Å². The standard InChI is InChI=1S/C13H16N4O3/c1-8-7-11(16-19-8)13(18)17-5-3-10(4-6-17)12-14-9(2)15-20-12/h7,10H,3-6H2,1-2H3. The van der Waals surface area contributed by atoms with E-state index < -0.39 is 0 Å². The molecule has 1 aliphatic rings. The first-order valence-electron chi connectivity index (χ1n) is 6.66. The number of aromatic nitrogens is 3. The summed E-state index contributed by atoms with van der Waals surface area (Å²) >= 11 is 0. The first-order valence-corrected chi connectivity index (χ1v) is 6.66. The minimum absolute atomic E-state index is 0.0815. The maximum Gasteiger partial charge on any atom is 0.276 e. The van der Waals surface area contributed by atoms with E-state index in [-0.39, 0.29) is 11.8 Å². The van der Waals surface area contributed by atoms with Crippen LogP contribution in [0.15, 0.2) is 15.1 Å². The van der Waals surface area contributed by atoms with Gasteiger partial charge in [-0.1, -0.05) is 10.3 Å². The molecule has 20 heavy (non-hydrogen) atoms. The Hall–Kier alpha value is -2.18. The Kier molecular flexibility index (Phi) is 3.25. The number of rotatable bonds is 2. The Morgan fingerprint density at radius 1 is 1.25 bits per heavy atom. The van der Waals surface area contributed by atoms with Crippen LogP contribution in [0.2, 0.25) is 0 Å². The van der Waals surface area contributed by atoms with Crippen LogP contribution in [0.5, 0.6) is 0 Å². The number of piperidine rings is 1. The molecule has 0 atom stereocenters. The van der Waals surface area contributed by atoms with E-state index >= 15 is 0 Å². The second-order valence-corrected chi connectivity index (χ2v) is 5.07. The fourth-order valence-electron chi connectivity index (χ4n) is 2.44. The van der Waals surface area contributed by atoms with E-state index in [2.05, 4.69) is 15.3 Å². The average Bonchev–Trinajstić information content (AvgIpc) is 3.07. The van der Waals surface area contributed by atoms with Crippen molar-refractivity contribution in [2.24, 2.45) is 0 Å². The van der Waals surface area contributed by atoms with Gasteiger partial charge in [0.05, 0.1) is 0 Å². The molecular weight excluding hydrogens is 260 g/mol. The van der Waals surface area contributed by atoms with Crippen molar-refractivity contribution < 1.29 is 13.8 Å². The highest BCUT2D eigenvalue weighted by Gasteiger charge is 2.28. The first-order chi connectivity index (χ1) is 9.63. The Morgan fingerprint density at radius 2 is 2.00 bits per heavy atom. The summed E-state index contributed by atoms with van der Waals surface area (Å²) in [5.74, 6) is 2.12. The SMILES string of the molecule is Cc1noc(C2CCN(C(=O)c3cc(C)on3)CC2)n1. The van der Waals surface area contributed by atoms with Gasteiger partial charge in [-0.3, -0.25) is 4.79 Å². The van der Waals surface area contributed by atoms with Gasteiger partial charge in [0.25, 0.3) is 5.91 Å². The Bertz CT molecular complexity index is 611. The van der Waals surface area contributed by atoms with E-state index in [1.807, 2.05) is 0 Å². The lowest BCUT2D eigenvalue weighted by molar-refractivity contribution is 0.0694. The molecule has 7 heteroatoms. The highest BCUT2D eigenvalue weighted by molar-refractivity contribution is 5.92. The Labute approximate surface area is 115 Å². The number of hydrogen-bond acceptors (Lipinski definition) is 6. The Balaban J connectivity index is 1.62. The van der Waals surface area contributed by atoms with Crippen molar-refractivity contribution in [2.45, 2.75) is 32.6 Å². The normalized spacial score (nSPS) is 16.6. The van der Waals surface area contributed by atoms with Crippen molar-refractivity contribution in [1.82, 2.24) is 20.2 Å². The van der Waals surface area contributed by atoms with Gasteiger partial charge in [0, 0.05) is 25.1 Å². The predicted octanol–water partition coefficient (Wildman–Crippen LogP) is 1.69. The topological polar surface area (TPSA) is 85.3 Å². The van der Waals surface area contributed by atoms with Crippen LogP contribution in [0.3, 0.4) is 0 Å². The van der Waals surface area contributed by atoms with Crippen molar-refractivity contribution >= 4 is 5.91 Å². The zero-order valence-corrected chi connectivity index (χ0v) is 11.5. The molecule has 0 aliphatic carbocycles. The summed E-state index contributed by atoms with van der Waals surface area (Å²) in [6.45, 7) is 4.90. The van der Waals surface area contributed by atoms with E-state index in [1.54, 1.807) is 24.8 Å². The number of likely N-dealkylation sites (tertiary alicyclic amines) is 1. The molecule has 2 aromatic heterocycles. The molecule has 0 N–H and O–H groups in total. The third-order valence-corrected chi connectivity index (χ3v) is 3.52. The molecule has 0 saturated carbocycles. The van der Waals surface area contributed by atoms with Crippen LogP contribution in [0, 0.1) is 13.8 Å². The largest absolute Gasteiger partial charge is 0.361 e. The molecule has 0 radical (unpaired) electrons. The van der Waals surface area contributed by atoms with Crippen LogP contribution >= 0.6 is 0 Å². The summed E-state index contributed by atoms with van der Waals surface area (Å²) in [6.07, 6.45) is 1.65. The number of carbonyl (C=O) groups is 1. The lowest BCUT2D eigenvalue weighted by atomic mass is 9.96. The zero-order chi connectivity index (χ0) is 14.1. The lowest BCUT2D eigenvalue weighted by Gasteiger charge is -2.29. The molecule has 3 heterocycles. The molecule has 3 rings (SSSR count). The number of amides is 1. The van der Waals surface area contributed by atoms with Gasteiger partial charge in [-0.25, -0.2) is 0 Å². The maximum atomic E-state index is 12.2. The second kappa shape index (κ2) is 5.07. The minimum Gasteiger partial charge on any atom is -0.361 e. The Morgan fingerprint density at radius 3 is 2.55 bits per heavy atom. The van der Waals surface area contributed by atoms with Gasteiger partial charge in [-0.15, -0.1) is 0 Å². The predicted molar refractivity (Wildman–Crippen MR) is 68.2 cm³/mol. The van der Waals surface area contributed by atoms with E-state index in [0.29, 0.717) is 36.3 Å². The van der Waals surface area contributed by atoms with Crippen molar-refractivity contribution in [3.63, 3.8) is 0 Å². The minimum atomic E-state index is -0.0815. The fourth-order valence-corrected chi connectivity index (χ4v) is 2.44. The van der Waals surface area contributed by atoms with Gasteiger partial charge in [0.15, 0.2) is 11.5 Å². The summed E-state index contributed by atoms with van der Waals surface area (Å²) in [5.41, 5.74) is 0.370. The smallest absolute Gasteiger partial charge is 0.276 e. The zero-order valence-electron chi connectivity index (χ0n) is 11.5. The number of nitrogens with zero attached hydrogens (tertiary/aromatic N) is 4. The highest BCUT2D eigenvalue weighted by Crippen LogP contribution is 2.27. The highest BCUT2D eigenvalue weighted by atomic mass is 16.5. The summed E-state index contributed by atoms with van der Waals surface area (Å²) in [5, 5.41) is 7.57. The number of carbonyl (C=O) groups excluding carboxylic acids is 1. The summed E-state index contributed by atoms with van der Waals surface area (Å²) in [6, 6.07) is 1.66. The van der Waals surface area contributed by atoms with Gasteiger partial charge < -0.3 is 13.9 Å². The molecule has 0 spiro atoms. The summed E-state index contributed by atoms with van der Waals surface area (Å²) < 4.78 is 10.1.